The third-order valence-corrected chi connectivity index (χ3v) is 5.43. The predicted molar refractivity (Wildman–Crippen MR) is 138 cm³/mol. The lowest BCUT2D eigenvalue weighted by Crippen LogP contribution is -2.35. The van der Waals surface area contributed by atoms with Gasteiger partial charge in [-0.1, -0.05) is 18.2 Å². The van der Waals surface area contributed by atoms with E-state index in [-0.39, 0.29) is 47.8 Å². The first-order valence-corrected chi connectivity index (χ1v) is 11.5. The molecule has 0 fully saturated rings. The number of aryl methyl sites for hydroxylation is 1. The van der Waals surface area contributed by atoms with Crippen molar-refractivity contribution in [1.82, 2.24) is 4.90 Å². The van der Waals surface area contributed by atoms with Crippen LogP contribution < -0.4 is 16.2 Å². The number of aromatic carboxylic acids is 1. The van der Waals surface area contributed by atoms with E-state index in [1.54, 1.807) is 6.07 Å². The minimum atomic E-state index is -1.25. The summed E-state index contributed by atoms with van der Waals surface area (Å²) in [5, 5.41) is 18.4. The summed E-state index contributed by atoms with van der Waals surface area (Å²) in [5.41, 5.74) is 11.8. The zero-order valence-electron chi connectivity index (χ0n) is 20.5. The number of carboxylic acid groups (broad SMARTS) is 2. The van der Waals surface area contributed by atoms with E-state index >= 15 is 0 Å². The first kappa shape index (κ1) is 28.3. The Morgan fingerprint density at radius 1 is 0.923 bits per heavy atom. The van der Waals surface area contributed by atoms with Crippen molar-refractivity contribution >= 4 is 35.5 Å². The maximum absolute atomic E-state index is 14.7. The molecule has 3 aromatic rings. The van der Waals surface area contributed by atoms with Crippen molar-refractivity contribution in [3.8, 4) is 5.75 Å². The number of carbonyl (C=O) groups excluding carboxylic acids is 2. The van der Waals surface area contributed by atoms with E-state index in [2.05, 4.69) is 4.99 Å². The van der Waals surface area contributed by atoms with Crippen LogP contribution in [0, 0.1) is 5.82 Å². The smallest absolute Gasteiger partial charge is 0.343 e. The molecule has 0 saturated carbocycles. The van der Waals surface area contributed by atoms with Gasteiger partial charge in [0.05, 0.1) is 16.8 Å². The van der Waals surface area contributed by atoms with Crippen molar-refractivity contribution in [2.45, 2.75) is 19.4 Å². The second-order valence-electron chi connectivity index (χ2n) is 8.38. The number of ether oxygens (including phenoxy) is 1. The Labute approximate surface area is 222 Å². The molecule has 3 rings (SSSR count). The molecule has 0 saturated heterocycles. The molecule has 0 aliphatic rings. The lowest BCUT2D eigenvalue weighted by atomic mass is 10.1. The molecule has 0 heterocycles. The summed E-state index contributed by atoms with van der Waals surface area (Å²) >= 11 is 0. The average molecular weight is 537 g/mol. The highest BCUT2D eigenvalue weighted by Crippen LogP contribution is 2.21. The Hall–Kier alpha value is -5.26. The Morgan fingerprint density at radius 3 is 2.26 bits per heavy atom. The Balaban J connectivity index is 1.63. The molecule has 39 heavy (non-hydrogen) atoms. The quantitative estimate of drug-likeness (QED) is 0.124. The second kappa shape index (κ2) is 12.8. The summed E-state index contributed by atoms with van der Waals surface area (Å²) in [4.78, 5) is 52.5. The molecule has 0 atom stereocenters. The largest absolute Gasteiger partial charge is 0.480 e. The highest BCUT2D eigenvalue weighted by atomic mass is 19.1. The van der Waals surface area contributed by atoms with Gasteiger partial charge in [0.15, 0.2) is 5.96 Å². The molecule has 0 unspecified atom stereocenters. The third-order valence-electron chi connectivity index (χ3n) is 5.43. The van der Waals surface area contributed by atoms with Gasteiger partial charge < -0.3 is 31.3 Å². The zero-order valence-corrected chi connectivity index (χ0v) is 20.5. The second-order valence-corrected chi connectivity index (χ2v) is 8.38. The number of halogens is 1. The fourth-order valence-corrected chi connectivity index (χ4v) is 3.60. The molecule has 0 radical (unpaired) electrons. The molecule has 0 aliphatic heterocycles. The number of nitrogens with zero attached hydrogens (tertiary/aromatic N) is 2. The monoisotopic (exact) mass is 536 g/mol. The van der Waals surface area contributed by atoms with Crippen molar-refractivity contribution in [2.75, 3.05) is 6.54 Å². The highest BCUT2D eigenvalue weighted by Gasteiger charge is 2.19. The van der Waals surface area contributed by atoms with Gasteiger partial charge >= 0.3 is 17.9 Å². The van der Waals surface area contributed by atoms with E-state index in [0.717, 1.165) is 11.0 Å². The highest BCUT2D eigenvalue weighted by molar-refractivity contribution is 5.91. The first-order chi connectivity index (χ1) is 18.5. The summed E-state index contributed by atoms with van der Waals surface area (Å²) in [6, 6.07) is 15.5. The molecule has 0 bridgehead atoms. The van der Waals surface area contributed by atoms with Gasteiger partial charge in [0.2, 0.25) is 5.91 Å². The van der Waals surface area contributed by atoms with Crippen molar-refractivity contribution in [1.29, 1.82) is 0 Å². The van der Waals surface area contributed by atoms with Gasteiger partial charge in [-0.15, -0.1) is 0 Å². The maximum Gasteiger partial charge on any atom is 0.343 e. The molecular formula is C27H25FN4O7. The maximum atomic E-state index is 14.7. The van der Waals surface area contributed by atoms with Crippen molar-refractivity contribution in [3.05, 3.63) is 94.8 Å². The van der Waals surface area contributed by atoms with Crippen LogP contribution in [0.5, 0.6) is 5.75 Å². The van der Waals surface area contributed by atoms with E-state index < -0.39 is 36.2 Å². The molecule has 6 N–H and O–H groups in total. The lowest BCUT2D eigenvalue weighted by Gasteiger charge is -2.21. The van der Waals surface area contributed by atoms with Crippen LogP contribution in [0.3, 0.4) is 0 Å². The van der Waals surface area contributed by atoms with Crippen LogP contribution in [0.4, 0.5) is 10.1 Å². The van der Waals surface area contributed by atoms with Gasteiger partial charge in [-0.2, -0.15) is 0 Å². The van der Waals surface area contributed by atoms with E-state index in [1.807, 2.05) is 0 Å². The van der Waals surface area contributed by atoms with Gasteiger partial charge in [0, 0.05) is 19.0 Å². The number of aliphatic carboxylic acids is 1. The summed E-state index contributed by atoms with van der Waals surface area (Å²) in [6.45, 7) is -0.739. The molecule has 3 aromatic carbocycles. The SMILES string of the molecule is NC(N)=Nc1ccc(C(=O)Oc2ccc(CCC(=O)N(CC(=O)O)Cc3cccc(C(=O)O)c3)c(F)c2)cc1. The van der Waals surface area contributed by atoms with Gasteiger partial charge in [0.1, 0.15) is 18.1 Å². The van der Waals surface area contributed by atoms with Crippen LogP contribution in [0.1, 0.15) is 38.3 Å². The molecule has 1 amide bonds. The van der Waals surface area contributed by atoms with Crippen LogP contribution in [0.15, 0.2) is 71.7 Å². The Morgan fingerprint density at radius 2 is 1.64 bits per heavy atom. The van der Waals surface area contributed by atoms with Gasteiger partial charge in [0.25, 0.3) is 0 Å². The van der Waals surface area contributed by atoms with E-state index in [4.69, 9.17) is 21.3 Å². The molecule has 0 aromatic heterocycles. The number of hydrogen-bond acceptors (Lipinski definition) is 6. The third kappa shape index (κ3) is 8.39. The topological polar surface area (TPSA) is 186 Å². The summed E-state index contributed by atoms with van der Waals surface area (Å²) in [6.07, 6.45) is -0.249. The lowest BCUT2D eigenvalue weighted by molar-refractivity contribution is -0.144. The fourth-order valence-electron chi connectivity index (χ4n) is 3.60. The van der Waals surface area contributed by atoms with Gasteiger partial charge in [-0.25, -0.2) is 19.0 Å². The van der Waals surface area contributed by atoms with Crippen LogP contribution in [-0.2, 0) is 22.6 Å². The molecule has 0 spiro atoms. The van der Waals surface area contributed by atoms with Crippen LogP contribution in [0.2, 0.25) is 0 Å². The zero-order chi connectivity index (χ0) is 28.5. The first-order valence-electron chi connectivity index (χ1n) is 11.5. The van der Waals surface area contributed by atoms with E-state index in [1.165, 1.54) is 54.6 Å². The fraction of sp³-hybridized carbons (Fsp3) is 0.148. The Kier molecular flexibility index (Phi) is 9.30. The molecule has 11 nitrogen and oxygen atoms in total. The number of rotatable bonds is 11. The number of hydrogen-bond donors (Lipinski definition) is 4. The predicted octanol–water partition coefficient (Wildman–Crippen LogP) is 2.69. The molecular weight excluding hydrogens is 511 g/mol. The summed E-state index contributed by atoms with van der Waals surface area (Å²) in [5.74, 6) is -4.59. The van der Waals surface area contributed by atoms with Crippen LogP contribution in [-0.4, -0.2) is 51.4 Å². The van der Waals surface area contributed by atoms with Crippen molar-refractivity contribution in [3.63, 3.8) is 0 Å². The summed E-state index contributed by atoms with van der Waals surface area (Å²) in [7, 11) is 0. The number of guanidine groups is 1. The molecule has 0 aliphatic carbocycles. The van der Waals surface area contributed by atoms with E-state index in [0.29, 0.717) is 11.3 Å². The standard InChI is InChI=1S/C27H25FN4O7/c28-22-13-21(39-26(38)18-4-8-20(9-5-18)31-27(29)30)10-6-17(22)7-11-23(33)32(15-24(34)35)14-16-2-1-3-19(12-16)25(36)37/h1-6,8-10,12-13H,7,11,14-15H2,(H,34,35)(H,36,37)(H4,29,30,31). The number of esters is 1. The number of aliphatic imine (C=N–C) groups is 1. The number of carboxylic acids is 2. The summed E-state index contributed by atoms with van der Waals surface area (Å²) < 4.78 is 19.9. The van der Waals surface area contributed by atoms with Crippen molar-refractivity contribution < 1.29 is 38.5 Å². The van der Waals surface area contributed by atoms with Gasteiger partial charge in [-0.05, 0) is 60.0 Å². The van der Waals surface area contributed by atoms with Gasteiger partial charge in [-0.3, -0.25) is 9.59 Å². The Bertz CT molecular complexity index is 1420. The number of carbonyl (C=O) groups is 4. The molecule has 12 heteroatoms. The van der Waals surface area contributed by atoms with Crippen LogP contribution >= 0.6 is 0 Å². The normalized spacial score (nSPS) is 10.4. The number of amides is 1. The van der Waals surface area contributed by atoms with Crippen molar-refractivity contribution in [2.24, 2.45) is 16.5 Å². The minimum absolute atomic E-state index is 0.000966. The number of nitrogens with two attached hydrogens (primary N) is 2. The molecule has 202 valence electrons. The van der Waals surface area contributed by atoms with Crippen LogP contribution in [0.25, 0.3) is 0 Å². The van der Waals surface area contributed by atoms with E-state index in [9.17, 15) is 28.7 Å². The number of benzene rings is 3. The minimum Gasteiger partial charge on any atom is -0.480 e. The average Bonchev–Trinajstić information content (AvgIpc) is 2.87.